The van der Waals surface area contributed by atoms with E-state index in [0.29, 0.717) is 0 Å². The van der Waals surface area contributed by atoms with Gasteiger partial charge < -0.3 is 5.73 Å². The van der Waals surface area contributed by atoms with Crippen LogP contribution in [0.2, 0.25) is 0 Å². The number of phosphoric acid groups is 1. The SMILES string of the molecule is Nc1ncnc2c1ncn2[C@@H]1O[C@H](COP(=O)(O)OP(=O)(O)C[As](=O)(O)O)[C@@H](O)[C@H]1O. The summed E-state index contributed by atoms with van der Waals surface area (Å²) in [5.41, 5.74) is 6.05. The number of fused-ring (bicyclic) bond motifs is 1. The molecule has 0 saturated carbocycles. The molecule has 8 N–H and O–H groups in total. The number of nitrogen functional groups attached to an aromatic ring is 1. The van der Waals surface area contributed by atoms with Crippen LogP contribution in [0.25, 0.3) is 11.2 Å². The number of phosphoric ester groups is 1. The van der Waals surface area contributed by atoms with Crippen molar-refractivity contribution in [1.82, 2.24) is 19.5 Å². The van der Waals surface area contributed by atoms with E-state index in [2.05, 4.69) is 23.8 Å². The van der Waals surface area contributed by atoms with Gasteiger partial charge in [-0.15, -0.1) is 0 Å². The van der Waals surface area contributed by atoms with Gasteiger partial charge in [0.05, 0.1) is 0 Å². The molecule has 20 heteroatoms. The standard InChI is InChI=1S/C11H18AsN5O12P2/c13-9-6-10(15-3-14-9)17(4-16-6)11-8(19)7(18)5(28-11)1-27-31(25,26)29-30(23,24)2-12(20,21)22/h3-5,7-8,11,18-19H,1-2H2,(H,23,24)(H,25,26)(H2,13,14,15)(H2,20,21,22)/t5-,7-,8-,11-/m1/s1. The van der Waals surface area contributed by atoms with E-state index in [1.807, 2.05) is 0 Å². The van der Waals surface area contributed by atoms with Gasteiger partial charge in [-0.3, -0.25) is 0 Å². The molecule has 2 aromatic rings. The van der Waals surface area contributed by atoms with Crippen LogP contribution in [0.4, 0.5) is 5.82 Å². The van der Waals surface area contributed by atoms with Crippen LogP contribution in [0.1, 0.15) is 6.23 Å². The first-order valence-corrected chi connectivity index (χ1v) is 15.2. The fraction of sp³-hybridized carbons (Fsp3) is 0.545. The van der Waals surface area contributed by atoms with Crippen molar-refractivity contribution in [3.63, 3.8) is 0 Å². The van der Waals surface area contributed by atoms with Crippen molar-refractivity contribution >= 4 is 46.6 Å². The molecule has 0 radical (unpaired) electrons. The van der Waals surface area contributed by atoms with Crippen molar-refractivity contribution < 1.29 is 54.6 Å². The summed E-state index contributed by atoms with van der Waals surface area (Å²) >= 11 is -5.67. The van der Waals surface area contributed by atoms with Gasteiger partial charge in [0.15, 0.2) is 5.82 Å². The molecule has 31 heavy (non-hydrogen) atoms. The molecule has 0 aliphatic carbocycles. The van der Waals surface area contributed by atoms with E-state index in [9.17, 15) is 32.9 Å². The molecular weight excluding hydrogens is 531 g/mol. The number of hydrogen-bond acceptors (Lipinski definition) is 12. The number of aliphatic hydroxyl groups is 2. The van der Waals surface area contributed by atoms with Crippen molar-refractivity contribution in [1.29, 1.82) is 0 Å². The zero-order valence-corrected chi connectivity index (χ0v) is 18.9. The van der Waals surface area contributed by atoms with Gasteiger partial charge in [-0.25, -0.2) is 4.98 Å². The Morgan fingerprint density at radius 3 is 2.52 bits per heavy atom. The maximum atomic E-state index is 11.9. The molecule has 17 nitrogen and oxygen atoms in total. The van der Waals surface area contributed by atoms with Crippen molar-refractivity contribution in [2.24, 2.45) is 0 Å². The molecule has 1 saturated heterocycles. The molecule has 2 aromatic heterocycles. The van der Waals surface area contributed by atoms with Gasteiger partial charge in [0.25, 0.3) is 0 Å². The molecule has 6 atom stereocenters. The number of aliphatic hydroxyl groups excluding tert-OH is 2. The Bertz CT molecular complexity index is 1110. The third-order valence-corrected chi connectivity index (χ3v) is 11.6. The molecular formula is C11H18AsN5O12P2. The van der Waals surface area contributed by atoms with Crippen molar-refractivity contribution in [2.45, 2.75) is 24.5 Å². The summed E-state index contributed by atoms with van der Waals surface area (Å²) in [6.07, 6.45) is -3.53. The second-order valence-corrected chi connectivity index (χ2v) is 14.4. The Hall–Kier alpha value is -1.19. The predicted octanol–water partition coefficient (Wildman–Crippen LogP) is -2.76. The predicted molar refractivity (Wildman–Crippen MR) is 98.1 cm³/mol. The molecule has 0 amide bonds. The molecule has 0 aromatic carbocycles. The third kappa shape index (κ3) is 5.79. The topological polar surface area (TPSA) is 270 Å². The fourth-order valence-electron chi connectivity index (χ4n) is 2.76. The minimum atomic E-state index is -5.67. The van der Waals surface area contributed by atoms with E-state index < -0.39 is 65.7 Å². The van der Waals surface area contributed by atoms with Gasteiger partial charge in [0, 0.05) is 0 Å². The molecule has 174 valence electrons. The zero-order valence-electron chi connectivity index (χ0n) is 15.2. The summed E-state index contributed by atoms with van der Waals surface area (Å²) in [5, 5.41) is 20.5. The van der Waals surface area contributed by atoms with Crippen LogP contribution in [-0.4, -0.2) is 91.8 Å². The van der Waals surface area contributed by atoms with Crippen molar-refractivity contribution in [3.8, 4) is 0 Å². The van der Waals surface area contributed by atoms with Crippen LogP contribution < -0.4 is 5.73 Å². The van der Waals surface area contributed by atoms with E-state index in [1.165, 1.54) is 10.9 Å². The van der Waals surface area contributed by atoms with Gasteiger partial charge in [-0.1, -0.05) is 0 Å². The molecule has 1 aliphatic heterocycles. The van der Waals surface area contributed by atoms with E-state index in [0.717, 1.165) is 6.33 Å². The van der Waals surface area contributed by atoms with Crippen LogP contribution in [-0.2, 0) is 26.4 Å². The number of aromatic nitrogens is 4. The Morgan fingerprint density at radius 1 is 1.19 bits per heavy atom. The monoisotopic (exact) mass is 549 g/mol. The number of rotatable bonds is 8. The van der Waals surface area contributed by atoms with Gasteiger partial charge in [-0.2, -0.15) is 0 Å². The fourth-order valence-corrected chi connectivity index (χ4v) is 9.16. The van der Waals surface area contributed by atoms with Crippen LogP contribution in [0.5, 0.6) is 0 Å². The Labute approximate surface area is 175 Å². The normalized spacial score (nSPS) is 28.5. The van der Waals surface area contributed by atoms with Crippen LogP contribution in [0.3, 0.4) is 0 Å². The number of hydrogen-bond donors (Lipinski definition) is 7. The summed E-state index contributed by atoms with van der Waals surface area (Å²) in [6, 6.07) is 0. The first kappa shape index (κ1) is 24.5. The van der Waals surface area contributed by atoms with Crippen LogP contribution >= 0.6 is 15.4 Å². The zero-order chi connectivity index (χ0) is 23.2. The minimum absolute atomic E-state index is 0.0557. The number of imidazole rings is 1. The second-order valence-electron chi connectivity index (χ2n) is 6.42. The summed E-state index contributed by atoms with van der Waals surface area (Å²) < 4.78 is 67.0. The Kier molecular flexibility index (Phi) is 6.81. The molecule has 0 bridgehead atoms. The van der Waals surface area contributed by atoms with E-state index in [4.69, 9.17) is 18.7 Å². The molecule has 0 spiro atoms. The van der Waals surface area contributed by atoms with Crippen LogP contribution in [0.15, 0.2) is 12.7 Å². The van der Waals surface area contributed by atoms with E-state index in [-0.39, 0.29) is 17.0 Å². The summed E-state index contributed by atoms with van der Waals surface area (Å²) in [5.74, 6) is 0.0557. The van der Waals surface area contributed by atoms with Crippen molar-refractivity contribution in [3.05, 3.63) is 12.7 Å². The van der Waals surface area contributed by atoms with Crippen LogP contribution in [0, 0.1) is 0 Å². The third-order valence-electron chi connectivity index (χ3n) is 3.99. The Balaban J connectivity index is 1.69. The summed E-state index contributed by atoms with van der Waals surface area (Å²) in [6.45, 7) is -0.896. The Morgan fingerprint density at radius 2 is 1.87 bits per heavy atom. The average Bonchev–Trinajstić information content (AvgIpc) is 3.13. The molecule has 1 aliphatic rings. The van der Waals surface area contributed by atoms with Crippen molar-refractivity contribution in [2.75, 3.05) is 17.3 Å². The quantitative estimate of drug-likeness (QED) is 0.130. The number of nitrogens with zero attached hydrogens (tertiary/aromatic N) is 4. The molecule has 1 fully saturated rings. The summed E-state index contributed by atoms with van der Waals surface area (Å²) in [7, 11) is -10.5. The second kappa shape index (κ2) is 8.63. The van der Waals surface area contributed by atoms with E-state index in [1.54, 1.807) is 0 Å². The first-order chi connectivity index (χ1) is 14.2. The van der Waals surface area contributed by atoms with Gasteiger partial charge in [0.2, 0.25) is 0 Å². The maximum absolute atomic E-state index is 11.9. The number of nitrogens with two attached hydrogens (primary N) is 1. The van der Waals surface area contributed by atoms with Gasteiger partial charge >= 0.3 is 152 Å². The molecule has 2 unspecified atom stereocenters. The van der Waals surface area contributed by atoms with E-state index >= 15 is 0 Å². The molecule has 3 rings (SSSR count). The summed E-state index contributed by atoms with van der Waals surface area (Å²) in [4.78, 5) is 29.0. The average molecular weight is 549 g/mol. The first-order valence-electron chi connectivity index (χ1n) is 8.19. The number of ether oxygens (including phenoxy) is 1. The number of anilines is 1. The van der Waals surface area contributed by atoms with Gasteiger partial charge in [-0.05, 0) is 0 Å². The van der Waals surface area contributed by atoms with Gasteiger partial charge in [0.1, 0.15) is 6.33 Å². The molecule has 3 heterocycles.